The monoisotopic (exact) mass is 906 g/mol. The molecule has 1 aliphatic rings. The minimum atomic E-state index is -0.614. The standard InChI is InChI=1S/C23H14F2N2O.C18H20BNO3.C11H6ClF2N/c1-13-5-7-18-17-3-2-4-19(22(17)28-23(18)27-13)21-11-14(9-10-26-21)16-8-6-15(24)12-20(16)25;1-11-9-10-13-12-7-6-8-14(15(12)21-16(13)20-11)19-22-17(2,3)18(4,5)23-19;12-11-5-7(3-4-15-11)9-2-1-8(13)6-10(9)14/h2-12H,1H3;6-10H,1-5H3;1-6H. The third-order valence-corrected chi connectivity index (χ3v) is 12.0. The molecule has 0 atom stereocenters. The number of aryl methyl sites for hydroxylation is 2. The van der Waals surface area contributed by atoms with Crippen molar-refractivity contribution in [3.8, 4) is 33.5 Å². The van der Waals surface area contributed by atoms with Gasteiger partial charge in [-0.25, -0.2) is 32.5 Å². The van der Waals surface area contributed by atoms with Crippen molar-refractivity contribution in [1.82, 2.24) is 19.9 Å². The lowest BCUT2D eigenvalue weighted by Gasteiger charge is -2.32. The second-order valence-electron chi connectivity index (χ2n) is 16.9. The quantitative estimate of drug-likeness (QED) is 0.0979. The van der Waals surface area contributed by atoms with E-state index in [1.54, 1.807) is 24.4 Å². The maximum Gasteiger partial charge on any atom is 0.498 e. The summed E-state index contributed by atoms with van der Waals surface area (Å²) < 4.78 is 77.9. The molecule has 0 aliphatic carbocycles. The number of para-hydroxylation sites is 2. The van der Waals surface area contributed by atoms with Gasteiger partial charge in [0.1, 0.15) is 39.6 Å². The molecular formula is C52H40BClF4N4O4. The summed E-state index contributed by atoms with van der Waals surface area (Å²) in [4.78, 5) is 17.2. The van der Waals surface area contributed by atoms with E-state index in [0.717, 1.165) is 61.7 Å². The van der Waals surface area contributed by atoms with Gasteiger partial charge in [-0.05, 0) is 132 Å². The van der Waals surface area contributed by atoms with E-state index >= 15 is 0 Å². The van der Waals surface area contributed by atoms with Crippen molar-refractivity contribution < 1.29 is 35.7 Å². The normalized spacial score (nSPS) is 14.1. The Morgan fingerprint density at radius 2 is 1.03 bits per heavy atom. The van der Waals surface area contributed by atoms with Gasteiger partial charge in [0.15, 0.2) is 0 Å². The van der Waals surface area contributed by atoms with Crippen LogP contribution in [0.1, 0.15) is 39.1 Å². The Bertz CT molecular complexity index is 3450. The number of nitrogens with zero attached hydrogens (tertiary/aromatic N) is 4. The Morgan fingerprint density at radius 1 is 0.515 bits per heavy atom. The fraction of sp³-hybridized carbons (Fsp3) is 0.154. The van der Waals surface area contributed by atoms with Crippen LogP contribution in [0.4, 0.5) is 17.6 Å². The zero-order valence-electron chi connectivity index (χ0n) is 36.6. The van der Waals surface area contributed by atoms with E-state index in [1.165, 1.54) is 36.5 Å². The highest BCUT2D eigenvalue weighted by Gasteiger charge is 2.52. The van der Waals surface area contributed by atoms with Crippen LogP contribution in [0.3, 0.4) is 0 Å². The molecule has 10 aromatic rings. The first-order valence-electron chi connectivity index (χ1n) is 21.0. The summed E-state index contributed by atoms with van der Waals surface area (Å²) in [5, 5.41) is 4.21. The van der Waals surface area contributed by atoms with Gasteiger partial charge in [-0.3, -0.25) is 4.98 Å². The van der Waals surface area contributed by atoms with Gasteiger partial charge in [0.2, 0.25) is 11.4 Å². The summed E-state index contributed by atoms with van der Waals surface area (Å²) in [5.74, 6) is -2.43. The number of aromatic nitrogens is 4. The predicted molar refractivity (Wildman–Crippen MR) is 251 cm³/mol. The molecule has 330 valence electrons. The molecule has 0 amide bonds. The van der Waals surface area contributed by atoms with Gasteiger partial charge in [0, 0.05) is 79.6 Å². The van der Waals surface area contributed by atoms with E-state index in [2.05, 4.69) is 53.7 Å². The molecule has 11 rings (SSSR count). The SMILES string of the molecule is Cc1ccc2c(n1)oc1c(-c3cc(-c4ccc(F)cc4F)ccn3)cccc12.Cc1ccc2c(n1)oc1c(B3OC(C)(C)C(C)(C)O3)cccc12.Fc1ccc(-c2ccnc(Cl)c2)c(F)c1. The minimum Gasteiger partial charge on any atom is -0.438 e. The number of pyridine rings is 4. The molecule has 4 aromatic carbocycles. The Labute approximate surface area is 382 Å². The predicted octanol–water partition coefficient (Wildman–Crippen LogP) is 13.6. The van der Waals surface area contributed by atoms with Crippen LogP contribution in [0.5, 0.6) is 0 Å². The highest BCUT2D eigenvalue weighted by Crippen LogP contribution is 2.39. The van der Waals surface area contributed by atoms with Crippen LogP contribution in [-0.4, -0.2) is 38.3 Å². The molecule has 1 saturated heterocycles. The second-order valence-corrected chi connectivity index (χ2v) is 17.2. The number of benzene rings is 4. The summed E-state index contributed by atoms with van der Waals surface area (Å²) in [5.41, 5.74) is 7.93. The molecule has 0 unspecified atom stereocenters. The Hall–Kier alpha value is -6.93. The van der Waals surface area contributed by atoms with Crippen LogP contribution in [0.15, 0.2) is 143 Å². The van der Waals surface area contributed by atoms with Gasteiger partial charge >= 0.3 is 7.12 Å². The van der Waals surface area contributed by atoms with E-state index in [0.29, 0.717) is 45.0 Å². The molecule has 0 saturated carbocycles. The van der Waals surface area contributed by atoms with Crippen molar-refractivity contribution in [1.29, 1.82) is 0 Å². The average molecular weight is 907 g/mol. The molecular weight excluding hydrogens is 867 g/mol. The number of rotatable bonds is 4. The van der Waals surface area contributed by atoms with Crippen LogP contribution in [0.25, 0.3) is 77.6 Å². The third-order valence-electron chi connectivity index (χ3n) is 11.8. The molecule has 0 bridgehead atoms. The van der Waals surface area contributed by atoms with Crippen LogP contribution in [0.2, 0.25) is 5.15 Å². The first kappa shape index (κ1) is 44.3. The number of fused-ring (bicyclic) bond motifs is 6. The Balaban J connectivity index is 0.000000130. The summed E-state index contributed by atoms with van der Waals surface area (Å²) in [6, 6.07) is 33.4. The Kier molecular flexibility index (Phi) is 11.7. The van der Waals surface area contributed by atoms with Gasteiger partial charge in [0.05, 0.1) is 16.9 Å². The van der Waals surface area contributed by atoms with Crippen LogP contribution < -0.4 is 5.46 Å². The van der Waals surface area contributed by atoms with Crippen LogP contribution >= 0.6 is 11.6 Å². The molecule has 1 fully saturated rings. The summed E-state index contributed by atoms with van der Waals surface area (Å²) in [6.07, 6.45) is 3.08. The fourth-order valence-electron chi connectivity index (χ4n) is 7.68. The molecule has 14 heteroatoms. The molecule has 0 spiro atoms. The smallest absolute Gasteiger partial charge is 0.438 e. The Morgan fingerprint density at radius 3 is 1.59 bits per heavy atom. The first-order chi connectivity index (χ1) is 31.5. The van der Waals surface area contributed by atoms with Gasteiger partial charge in [-0.15, -0.1) is 0 Å². The lowest BCUT2D eigenvalue weighted by molar-refractivity contribution is 0.00578. The summed E-state index contributed by atoms with van der Waals surface area (Å²) in [7, 11) is -0.439. The van der Waals surface area contributed by atoms with E-state index in [9.17, 15) is 17.6 Å². The molecule has 7 heterocycles. The summed E-state index contributed by atoms with van der Waals surface area (Å²) in [6.45, 7) is 12.1. The number of hydrogen-bond acceptors (Lipinski definition) is 8. The van der Waals surface area contributed by atoms with Gasteiger partial charge in [-0.1, -0.05) is 41.9 Å². The van der Waals surface area contributed by atoms with Crippen molar-refractivity contribution in [2.45, 2.75) is 52.7 Å². The molecule has 0 radical (unpaired) electrons. The molecule has 6 aromatic heterocycles. The molecule has 66 heavy (non-hydrogen) atoms. The van der Waals surface area contributed by atoms with Crippen molar-refractivity contribution in [2.75, 3.05) is 0 Å². The largest absolute Gasteiger partial charge is 0.498 e. The second kappa shape index (κ2) is 17.5. The van der Waals surface area contributed by atoms with Gasteiger partial charge < -0.3 is 18.1 Å². The lowest BCUT2D eigenvalue weighted by atomic mass is 9.78. The number of furan rings is 2. The lowest BCUT2D eigenvalue weighted by Crippen LogP contribution is -2.41. The minimum absolute atomic E-state index is 0.274. The molecule has 1 aliphatic heterocycles. The highest BCUT2D eigenvalue weighted by atomic mass is 35.5. The highest BCUT2D eigenvalue weighted by molar-refractivity contribution is 6.65. The van der Waals surface area contributed by atoms with Crippen LogP contribution in [0, 0.1) is 37.1 Å². The summed E-state index contributed by atoms with van der Waals surface area (Å²) >= 11 is 5.67. The fourth-order valence-corrected chi connectivity index (χ4v) is 7.86. The maximum atomic E-state index is 14.2. The van der Waals surface area contributed by atoms with E-state index in [4.69, 9.17) is 29.7 Å². The topological polar surface area (TPSA) is 96.3 Å². The zero-order chi connectivity index (χ0) is 46.5. The van der Waals surface area contributed by atoms with Crippen molar-refractivity contribution in [2.24, 2.45) is 0 Å². The van der Waals surface area contributed by atoms with Gasteiger partial charge in [-0.2, -0.15) is 0 Å². The maximum absolute atomic E-state index is 14.2. The van der Waals surface area contributed by atoms with Crippen molar-refractivity contribution in [3.05, 3.63) is 174 Å². The van der Waals surface area contributed by atoms with Crippen molar-refractivity contribution in [3.63, 3.8) is 0 Å². The molecule has 0 N–H and O–H groups in total. The number of hydrogen-bond donors (Lipinski definition) is 0. The average Bonchev–Trinajstić information content (AvgIpc) is 3.90. The van der Waals surface area contributed by atoms with Crippen molar-refractivity contribution >= 4 is 68.3 Å². The third kappa shape index (κ3) is 8.65. The van der Waals surface area contributed by atoms with E-state index in [1.807, 2.05) is 68.4 Å². The van der Waals surface area contributed by atoms with E-state index < -0.39 is 30.4 Å². The first-order valence-corrected chi connectivity index (χ1v) is 21.3. The zero-order valence-corrected chi connectivity index (χ0v) is 37.3. The molecule has 8 nitrogen and oxygen atoms in total. The number of halogens is 5. The van der Waals surface area contributed by atoms with Crippen LogP contribution in [-0.2, 0) is 9.31 Å². The van der Waals surface area contributed by atoms with Gasteiger partial charge in [0.25, 0.3) is 0 Å². The van der Waals surface area contributed by atoms with E-state index in [-0.39, 0.29) is 16.4 Å².